The number of thiazole rings is 1. The van der Waals surface area contributed by atoms with Crippen molar-refractivity contribution in [3.8, 4) is 11.4 Å². The first-order valence-electron chi connectivity index (χ1n) is 9.34. The van der Waals surface area contributed by atoms with Crippen molar-refractivity contribution in [2.24, 2.45) is 5.73 Å². The molecule has 2 aromatic heterocycles. The number of rotatable bonds is 9. The van der Waals surface area contributed by atoms with Crippen molar-refractivity contribution in [1.29, 1.82) is 0 Å². The Morgan fingerprint density at radius 2 is 2.00 bits per heavy atom. The Bertz CT molecular complexity index is 1090. The van der Waals surface area contributed by atoms with E-state index in [1.165, 1.54) is 48.4 Å². The van der Waals surface area contributed by atoms with E-state index in [9.17, 15) is 18.4 Å². The normalized spacial score (nSPS) is 11.0. The van der Waals surface area contributed by atoms with Crippen LogP contribution in [0, 0.1) is 18.6 Å². The molecule has 2 N–H and O–H groups in total. The van der Waals surface area contributed by atoms with Gasteiger partial charge >= 0.3 is 5.97 Å². The van der Waals surface area contributed by atoms with Gasteiger partial charge in [-0.05, 0) is 25.1 Å². The highest BCUT2D eigenvalue weighted by atomic mass is 32.2. The fourth-order valence-corrected chi connectivity index (χ4v) is 4.76. The lowest BCUT2D eigenvalue weighted by molar-refractivity contribution is -0.137. The molecule has 0 aliphatic rings. The number of ether oxygens (including phenoxy) is 1. The second-order valence-corrected chi connectivity index (χ2v) is 8.73. The Morgan fingerprint density at radius 1 is 1.29 bits per heavy atom. The number of esters is 1. The van der Waals surface area contributed by atoms with Gasteiger partial charge in [0.1, 0.15) is 11.6 Å². The van der Waals surface area contributed by atoms with Gasteiger partial charge in [0, 0.05) is 28.8 Å². The van der Waals surface area contributed by atoms with E-state index >= 15 is 0 Å². The zero-order valence-corrected chi connectivity index (χ0v) is 18.6. The van der Waals surface area contributed by atoms with E-state index in [2.05, 4.69) is 9.72 Å². The van der Waals surface area contributed by atoms with Crippen LogP contribution >= 0.6 is 23.1 Å². The van der Waals surface area contributed by atoms with Crippen molar-refractivity contribution in [3.63, 3.8) is 0 Å². The highest BCUT2D eigenvalue weighted by molar-refractivity contribution is 7.99. The quantitative estimate of drug-likeness (QED) is 0.384. The molecule has 0 saturated heterocycles. The van der Waals surface area contributed by atoms with Gasteiger partial charge in [0.25, 0.3) is 5.91 Å². The number of thioether (sulfide) groups is 1. The van der Waals surface area contributed by atoms with Crippen molar-refractivity contribution in [3.05, 3.63) is 63.1 Å². The maximum absolute atomic E-state index is 14.2. The van der Waals surface area contributed by atoms with E-state index in [1.807, 2.05) is 5.38 Å². The molecule has 0 aliphatic carbocycles. The average Bonchev–Trinajstić information content (AvgIpc) is 3.32. The Hall–Kier alpha value is -2.72. The summed E-state index contributed by atoms with van der Waals surface area (Å²) in [7, 11) is 1.35. The van der Waals surface area contributed by atoms with Crippen LogP contribution in [0.5, 0.6) is 0 Å². The van der Waals surface area contributed by atoms with Gasteiger partial charge in [-0.2, -0.15) is 0 Å². The van der Waals surface area contributed by atoms with E-state index in [0.29, 0.717) is 29.3 Å². The minimum absolute atomic E-state index is 0.102. The lowest BCUT2D eigenvalue weighted by Crippen LogP contribution is -2.13. The largest absolute Gasteiger partial charge is 0.468 e. The number of carbonyl (C=O) groups is 2. The van der Waals surface area contributed by atoms with Crippen molar-refractivity contribution >= 4 is 35.0 Å². The maximum atomic E-state index is 14.2. The zero-order chi connectivity index (χ0) is 22.5. The molecule has 0 aliphatic heterocycles. The molecule has 1 amide bonds. The van der Waals surface area contributed by atoms with E-state index in [1.54, 1.807) is 17.6 Å². The molecule has 0 spiro atoms. The summed E-state index contributed by atoms with van der Waals surface area (Å²) < 4.78 is 34.7. The summed E-state index contributed by atoms with van der Waals surface area (Å²) in [6, 6.07) is 5.29. The number of hydrogen-bond donors (Lipinski definition) is 1. The molecule has 0 unspecified atom stereocenters. The van der Waals surface area contributed by atoms with Gasteiger partial charge in [0.05, 0.1) is 41.4 Å². The number of nitrogens with zero attached hydrogens (tertiary/aromatic N) is 2. The van der Waals surface area contributed by atoms with Crippen LogP contribution in [0.4, 0.5) is 8.78 Å². The van der Waals surface area contributed by atoms with Gasteiger partial charge in [-0.15, -0.1) is 23.1 Å². The van der Waals surface area contributed by atoms with Crippen LogP contribution in [0.2, 0.25) is 0 Å². The first-order valence-corrected chi connectivity index (χ1v) is 11.4. The van der Waals surface area contributed by atoms with Gasteiger partial charge in [0.2, 0.25) is 0 Å². The fraction of sp³-hybridized carbons (Fsp3) is 0.286. The number of amides is 1. The number of methoxy groups -OCH3 is 1. The average molecular weight is 466 g/mol. The summed E-state index contributed by atoms with van der Waals surface area (Å²) in [5, 5.41) is 2.67. The predicted octanol–water partition coefficient (Wildman–Crippen LogP) is 3.79. The molecule has 3 rings (SSSR count). The molecule has 2 heterocycles. The zero-order valence-electron chi connectivity index (χ0n) is 17.0. The molecule has 0 bridgehead atoms. The van der Waals surface area contributed by atoms with E-state index < -0.39 is 17.5 Å². The van der Waals surface area contributed by atoms with E-state index in [0.717, 1.165) is 5.01 Å². The van der Waals surface area contributed by atoms with Gasteiger partial charge in [-0.1, -0.05) is 6.07 Å². The first-order chi connectivity index (χ1) is 14.8. The minimum Gasteiger partial charge on any atom is -0.468 e. The second kappa shape index (κ2) is 10.1. The molecule has 1 aromatic carbocycles. The van der Waals surface area contributed by atoms with E-state index in [-0.39, 0.29) is 29.4 Å². The van der Waals surface area contributed by atoms with E-state index in [4.69, 9.17) is 5.73 Å². The number of carbonyl (C=O) groups excluding carboxylic acids is 2. The summed E-state index contributed by atoms with van der Waals surface area (Å²) >= 11 is 2.88. The first kappa shape index (κ1) is 23.0. The third-order valence-corrected chi connectivity index (χ3v) is 6.57. The molecule has 0 fully saturated rings. The van der Waals surface area contributed by atoms with Crippen LogP contribution < -0.4 is 5.73 Å². The highest BCUT2D eigenvalue weighted by Gasteiger charge is 2.21. The van der Waals surface area contributed by atoms with Gasteiger partial charge in [0.15, 0.2) is 0 Å². The molecule has 31 heavy (non-hydrogen) atoms. The summed E-state index contributed by atoms with van der Waals surface area (Å²) in [6.45, 7) is 1.58. The fourth-order valence-electron chi connectivity index (χ4n) is 3.07. The molecule has 0 saturated carbocycles. The van der Waals surface area contributed by atoms with Crippen molar-refractivity contribution < 1.29 is 23.1 Å². The third kappa shape index (κ3) is 5.31. The number of hydrogen-bond acceptors (Lipinski definition) is 6. The van der Waals surface area contributed by atoms with Crippen molar-refractivity contribution in [2.45, 2.75) is 19.9 Å². The van der Waals surface area contributed by atoms with Gasteiger partial charge < -0.3 is 15.0 Å². The Balaban J connectivity index is 1.87. The molecular formula is C21H21F2N3O3S2. The lowest BCUT2D eigenvalue weighted by atomic mass is 10.2. The number of aromatic nitrogens is 2. The lowest BCUT2D eigenvalue weighted by Gasteiger charge is -2.12. The second-order valence-electron chi connectivity index (χ2n) is 6.68. The molecule has 6 nitrogen and oxygen atoms in total. The summed E-state index contributed by atoms with van der Waals surface area (Å²) in [6.07, 6.45) is 0.649. The Morgan fingerprint density at radius 3 is 2.65 bits per heavy atom. The number of primary amides is 1. The summed E-state index contributed by atoms with van der Waals surface area (Å²) in [4.78, 5) is 27.7. The molecular weight excluding hydrogens is 444 g/mol. The van der Waals surface area contributed by atoms with Crippen LogP contribution in [-0.4, -0.2) is 40.0 Å². The van der Waals surface area contributed by atoms with Crippen LogP contribution in [0.3, 0.4) is 0 Å². The predicted molar refractivity (Wildman–Crippen MR) is 117 cm³/mol. The number of halogens is 2. The van der Waals surface area contributed by atoms with Crippen LogP contribution in [0.25, 0.3) is 11.4 Å². The van der Waals surface area contributed by atoms with Crippen LogP contribution in [0.15, 0.2) is 29.6 Å². The number of nitrogens with two attached hydrogens (primary N) is 1. The Labute approximate surface area is 186 Å². The highest BCUT2D eigenvalue weighted by Crippen LogP contribution is 2.29. The standard InChI is InChI=1S/C21H21F2N3O3S2/c1-12-13(21(24)28)8-18(26(12)9-14-15(22)4-3-5-16(14)23)17-10-31-19(25-17)6-7-30-11-20(27)29-2/h3-5,8,10H,6-7,9,11H2,1-2H3,(H2,24,28). The maximum Gasteiger partial charge on any atom is 0.315 e. The SMILES string of the molecule is COC(=O)CSCCc1nc(-c2cc(C(N)=O)c(C)n2Cc2c(F)cccc2F)cs1. The topological polar surface area (TPSA) is 87.2 Å². The smallest absolute Gasteiger partial charge is 0.315 e. The third-order valence-electron chi connectivity index (χ3n) is 4.73. The molecule has 164 valence electrons. The van der Waals surface area contributed by atoms with Crippen molar-refractivity contribution in [2.75, 3.05) is 18.6 Å². The summed E-state index contributed by atoms with van der Waals surface area (Å²) in [5.41, 5.74) is 7.31. The van der Waals surface area contributed by atoms with Gasteiger partial charge in [-0.3, -0.25) is 9.59 Å². The molecule has 3 aromatic rings. The van der Waals surface area contributed by atoms with Crippen LogP contribution in [-0.2, 0) is 22.5 Å². The molecule has 0 atom stereocenters. The molecule has 0 radical (unpaired) electrons. The molecule has 10 heteroatoms. The van der Waals surface area contributed by atoms with Crippen LogP contribution in [0.1, 0.15) is 26.6 Å². The Kier molecular flexibility index (Phi) is 7.45. The minimum atomic E-state index is -0.665. The van der Waals surface area contributed by atoms with Crippen molar-refractivity contribution in [1.82, 2.24) is 9.55 Å². The summed E-state index contributed by atoms with van der Waals surface area (Å²) in [5.74, 6) is -1.27. The number of benzene rings is 1. The monoisotopic (exact) mass is 465 g/mol. The van der Waals surface area contributed by atoms with Gasteiger partial charge in [-0.25, -0.2) is 13.8 Å². The number of aryl methyl sites for hydroxylation is 1.